The number of rotatable bonds is 2. The lowest BCUT2D eigenvalue weighted by Crippen LogP contribution is -2.20. The highest BCUT2D eigenvalue weighted by molar-refractivity contribution is 9.10. The smallest absolute Gasteiger partial charge is 0.0178 e. The standard InChI is InChI=1S/C45H38Br2/c1-43(2)37-19-25(27-9-15-33-35-17-11-29(46)23-41(35)44(3,4)39(33)21-27)7-13-31(37)32-14-8-26(20-38(32)43)28-10-16-34-36-18-12-30(47)24-42(36)45(5,6)40(34)22-28/h7-19,21-24,26H,20H2,1-6H3. The molecule has 4 aliphatic carbocycles. The van der Waals surface area contributed by atoms with Crippen molar-refractivity contribution in [2.24, 2.45) is 0 Å². The van der Waals surface area contributed by atoms with Crippen LogP contribution in [0.2, 0.25) is 0 Å². The molecule has 5 aromatic rings. The minimum atomic E-state index is -0.0344. The Hall–Kier alpha value is -3.46. The van der Waals surface area contributed by atoms with E-state index >= 15 is 0 Å². The molecule has 47 heavy (non-hydrogen) atoms. The van der Waals surface area contributed by atoms with Crippen molar-refractivity contribution in [3.63, 3.8) is 0 Å². The molecule has 0 bridgehead atoms. The maximum atomic E-state index is 3.71. The van der Waals surface area contributed by atoms with Gasteiger partial charge in [-0.2, -0.15) is 0 Å². The Kier molecular flexibility index (Phi) is 6.19. The summed E-state index contributed by atoms with van der Waals surface area (Å²) in [4.78, 5) is 0. The molecule has 0 aliphatic heterocycles. The van der Waals surface area contributed by atoms with Crippen molar-refractivity contribution in [3.8, 4) is 33.4 Å². The predicted octanol–water partition coefficient (Wildman–Crippen LogP) is 13.3. The summed E-state index contributed by atoms with van der Waals surface area (Å²) in [5.74, 6) is 0.374. The lowest BCUT2D eigenvalue weighted by Gasteiger charge is -2.30. The molecule has 0 N–H and O–H groups in total. The van der Waals surface area contributed by atoms with Crippen LogP contribution in [-0.2, 0) is 16.2 Å². The average molecular weight is 739 g/mol. The van der Waals surface area contributed by atoms with Gasteiger partial charge in [0, 0.05) is 31.1 Å². The molecule has 0 aromatic heterocycles. The quantitative estimate of drug-likeness (QED) is 0.169. The normalized spacial score (nSPS) is 20.0. The van der Waals surface area contributed by atoms with Crippen molar-refractivity contribution in [2.75, 3.05) is 0 Å². The molecule has 0 spiro atoms. The monoisotopic (exact) mass is 736 g/mol. The van der Waals surface area contributed by atoms with E-state index in [1.54, 1.807) is 5.57 Å². The predicted molar refractivity (Wildman–Crippen MR) is 205 cm³/mol. The summed E-state index contributed by atoms with van der Waals surface area (Å²) in [6.07, 6.45) is 5.94. The Morgan fingerprint density at radius 1 is 0.489 bits per heavy atom. The van der Waals surface area contributed by atoms with Gasteiger partial charge in [0.15, 0.2) is 0 Å². The second-order valence-electron chi connectivity index (χ2n) is 15.6. The molecular formula is C45H38Br2. The number of halogens is 2. The molecule has 5 aromatic carbocycles. The lowest BCUT2D eigenvalue weighted by atomic mass is 9.74. The fourth-order valence-corrected chi connectivity index (χ4v) is 9.99. The summed E-state index contributed by atoms with van der Waals surface area (Å²) in [5, 5.41) is 0. The van der Waals surface area contributed by atoms with Crippen molar-refractivity contribution in [1.82, 2.24) is 0 Å². The fraction of sp³-hybridized carbons (Fsp3) is 0.244. The number of benzene rings is 5. The van der Waals surface area contributed by atoms with Gasteiger partial charge in [-0.3, -0.25) is 0 Å². The van der Waals surface area contributed by atoms with Gasteiger partial charge in [-0.1, -0.05) is 146 Å². The second-order valence-corrected chi connectivity index (χ2v) is 17.5. The molecule has 0 nitrogen and oxygen atoms in total. The van der Waals surface area contributed by atoms with Crippen LogP contribution in [0.5, 0.6) is 0 Å². The summed E-state index contributed by atoms with van der Waals surface area (Å²) in [6, 6.07) is 35.1. The van der Waals surface area contributed by atoms with Crippen molar-refractivity contribution < 1.29 is 0 Å². The lowest BCUT2D eigenvalue weighted by molar-refractivity contribution is 0.590. The van der Waals surface area contributed by atoms with Crippen LogP contribution in [0.25, 0.3) is 39.0 Å². The summed E-state index contributed by atoms with van der Waals surface area (Å²) in [5.41, 5.74) is 21.0. The van der Waals surface area contributed by atoms with Crippen molar-refractivity contribution in [1.29, 1.82) is 0 Å². The van der Waals surface area contributed by atoms with E-state index in [9.17, 15) is 0 Å². The van der Waals surface area contributed by atoms with Gasteiger partial charge < -0.3 is 0 Å². The van der Waals surface area contributed by atoms with Gasteiger partial charge in [0.2, 0.25) is 0 Å². The highest BCUT2D eigenvalue weighted by Crippen LogP contribution is 2.55. The maximum absolute atomic E-state index is 3.71. The molecule has 232 valence electrons. The SMILES string of the molecule is CC1(C)C2=C(C=CC(c3ccc4c(c3)C(C)(C)c3cc(Br)ccc3-4)C2)c2ccc(-c3ccc4c(c3)C(C)(C)c3cc(Br)ccc3-4)cc21. The zero-order valence-corrected chi connectivity index (χ0v) is 31.0. The summed E-state index contributed by atoms with van der Waals surface area (Å²) in [6.45, 7) is 14.4. The first-order valence-electron chi connectivity index (χ1n) is 16.8. The minimum Gasteiger partial charge on any atom is -0.0761 e. The minimum absolute atomic E-state index is 0.0149. The first-order chi connectivity index (χ1) is 22.4. The fourth-order valence-electron chi connectivity index (χ4n) is 9.27. The molecule has 0 saturated carbocycles. The third kappa shape index (κ3) is 4.10. The van der Waals surface area contributed by atoms with E-state index in [-0.39, 0.29) is 16.2 Å². The van der Waals surface area contributed by atoms with Crippen molar-refractivity contribution in [2.45, 2.75) is 70.1 Å². The zero-order valence-electron chi connectivity index (χ0n) is 27.9. The zero-order chi connectivity index (χ0) is 32.6. The summed E-state index contributed by atoms with van der Waals surface area (Å²) < 4.78 is 2.29. The van der Waals surface area contributed by atoms with Crippen LogP contribution in [0.1, 0.15) is 92.8 Å². The van der Waals surface area contributed by atoms with E-state index in [0.717, 1.165) is 15.4 Å². The van der Waals surface area contributed by atoms with Gasteiger partial charge in [0.05, 0.1) is 0 Å². The summed E-state index contributed by atoms with van der Waals surface area (Å²) in [7, 11) is 0. The van der Waals surface area contributed by atoms with E-state index < -0.39 is 0 Å². The highest BCUT2D eigenvalue weighted by Gasteiger charge is 2.41. The van der Waals surface area contributed by atoms with Crippen LogP contribution in [0.3, 0.4) is 0 Å². The Labute approximate surface area is 295 Å². The van der Waals surface area contributed by atoms with E-state index in [2.05, 4.69) is 177 Å². The number of fused-ring (bicyclic) bond motifs is 8. The van der Waals surface area contributed by atoms with E-state index in [1.165, 1.54) is 77.9 Å². The van der Waals surface area contributed by atoms with Crippen molar-refractivity contribution >= 4 is 37.4 Å². The molecule has 9 rings (SSSR count). The van der Waals surface area contributed by atoms with E-state index in [1.807, 2.05) is 0 Å². The van der Waals surface area contributed by atoms with Crippen LogP contribution >= 0.6 is 31.9 Å². The van der Waals surface area contributed by atoms with E-state index in [0.29, 0.717) is 5.92 Å². The van der Waals surface area contributed by atoms with Gasteiger partial charge in [0.25, 0.3) is 0 Å². The van der Waals surface area contributed by atoms with E-state index in [4.69, 9.17) is 0 Å². The molecule has 4 aliphatic rings. The Balaban J connectivity index is 1.04. The number of hydrogen-bond donors (Lipinski definition) is 0. The third-order valence-electron chi connectivity index (χ3n) is 12.0. The maximum Gasteiger partial charge on any atom is 0.0178 e. The first kappa shape index (κ1) is 29.7. The highest BCUT2D eigenvalue weighted by atomic mass is 79.9. The van der Waals surface area contributed by atoms with Gasteiger partial charge >= 0.3 is 0 Å². The molecule has 2 heteroatoms. The number of hydrogen-bond acceptors (Lipinski definition) is 0. The molecule has 0 saturated heterocycles. The molecule has 1 unspecified atom stereocenters. The first-order valence-corrected chi connectivity index (χ1v) is 18.4. The number of allylic oxidation sites excluding steroid dienone is 4. The molecule has 1 atom stereocenters. The van der Waals surface area contributed by atoms with Crippen LogP contribution in [0.4, 0.5) is 0 Å². The van der Waals surface area contributed by atoms with Gasteiger partial charge in [0.1, 0.15) is 0 Å². The average Bonchev–Trinajstić information content (AvgIpc) is 3.52. The van der Waals surface area contributed by atoms with Crippen LogP contribution in [0.15, 0.2) is 118 Å². The van der Waals surface area contributed by atoms with Gasteiger partial charge in [-0.05, 0) is 121 Å². The van der Waals surface area contributed by atoms with Crippen molar-refractivity contribution in [3.05, 3.63) is 157 Å². The second kappa shape index (κ2) is 9.80. The Morgan fingerprint density at radius 3 is 1.51 bits per heavy atom. The van der Waals surface area contributed by atoms with Crippen LogP contribution < -0.4 is 0 Å². The topological polar surface area (TPSA) is 0 Å². The summed E-state index contributed by atoms with van der Waals surface area (Å²) >= 11 is 7.42. The third-order valence-corrected chi connectivity index (χ3v) is 13.0. The molecule has 0 fully saturated rings. The molecule has 0 radical (unpaired) electrons. The largest absolute Gasteiger partial charge is 0.0761 e. The van der Waals surface area contributed by atoms with Crippen LogP contribution in [-0.4, -0.2) is 0 Å². The Bertz CT molecular complexity index is 2270. The van der Waals surface area contributed by atoms with Gasteiger partial charge in [-0.15, -0.1) is 0 Å². The van der Waals surface area contributed by atoms with Gasteiger partial charge in [-0.25, -0.2) is 0 Å². The molecule has 0 amide bonds. The Morgan fingerprint density at radius 2 is 0.936 bits per heavy atom. The molecular weight excluding hydrogens is 700 g/mol. The van der Waals surface area contributed by atoms with Crippen LogP contribution in [0, 0.1) is 0 Å². The molecule has 0 heterocycles.